The molecule has 0 aromatic heterocycles. The van der Waals surface area contributed by atoms with E-state index in [1.54, 1.807) is 0 Å². The minimum Gasteiger partial charge on any atom is -0.377 e. The van der Waals surface area contributed by atoms with Crippen molar-refractivity contribution in [3.63, 3.8) is 0 Å². The predicted molar refractivity (Wildman–Crippen MR) is 68.8 cm³/mol. The Kier molecular flexibility index (Phi) is 5.22. The van der Waals surface area contributed by atoms with Crippen LogP contribution in [0.15, 0.2) is 0 Å². The predicted octanol–water partition coefficient (Wildman–Crippen LogP) is 1.73. The van der Waals surface area contributed by atoms with Crippen LogP contribution in [0.5, 0.6) is 0 Å². The van der Waals surface area contributed by atoms with Crippen molar-refractivity contribution < 1.29 is 4.74 Å². The number of likely N-dealkylation sites (tertiary alicyclic amines) is 1. The molecule has 3 nitrogen and oxygen atoms in total. The van der Waals surface area contributed by atoms with Gasteiger partial charge in [-0.05, 0) is 39.3 Å². The zero-order valence-corrected chi connectivity index (χ0v) is 11.5. The van der Waals surface area contributed by atoms with Gasteiger partial charge in [0.25, 0.3) is 0 Å². The second-order valence-electron chi connectivity index (χ2n) is 5.60. The second kappa shape index (κ2) is 5.99. The number of nitrogens with one attached hydrogen (secondary N) is 1. The molecule has 0 radical (unpaired) electrons. The molecule has 2 unspecified atom stereocenters. The smallest absolute Gasteiger partial charge is 0.0777 e. The van der Waals surface area contributed by atoms with Gasteiger partial charge in [0, 0.05) is 26.2 Å². The van der Waals surface area contributed by atoms with Crippen LogP contribution in [0.3, 0.4) is 0 Å². The molecule has 0 aliphatic carbocycles. The topological polar surface area (TPSA) is 24.5 Å². The van der Waals surface area contributed by atoms with Gasteiger partial charge >= 0.3 is 0 Å². The Morgan fingerprint density at radius 1 is 1.44 bits per heavy atom. The molecule has 1 fully saturated rings. The maximum atomic E-state index is 5.65. The van der Waals surface area contributed by atoms with Crippen molar-refractivity contribution in [1.29, 1.82) is 0 Å². The van der Waals surface area contributed by atoms with E-state index in [0.717, 1.165) is 13.1 Å². The van der Waals surface area contributed by atoms with Crippen LogP contribution in [0.1, 0.15) is 33.6 Å². The third-order valence-electron chi connectivity index (χ3n) is 3.83. The van der Waals surface area contributed by atoms with E-state index in [1.165, 1.54) is 19.4 Å². The fourth-order valence-electron chi connectivity index (χ4n) is 2.69. The van der Waals surface area contributed by atoms with Crippen molar-refractivity contribution in [3.05, 3.63) is 0 Å². The molecule has 1 saturated heterocycles. The van der Waals surface area contributed by atoms with Crippen LogP contribution in [0.4, 0.5) is 0 Å². The number of hydrogen-bond acceptors (Lipinski definition) is 3. The molecule has 1 heterocycles. The number of piperidine rings is 1. The summed E-state index contributed by atoms with van der Waals surface area (Å²) in [5.41, 5.74) is 0.0547. The van der Waals surface area contributed by atoms with Gasteiger partial charge in [-0.2, -0.15) is 0 Å². The Bertz CT molecular complexity index is 208. The van der Waals surface area contributed by atoms with Crippen LogP contribution in [0.2, 0.25) is 0 Å². The van der Waals surface area contributed by atoms with Gasteiger partial charge in [0.05, 0.1) is 5.60 Å². The fourth-order valence-corrected chi connectivity index (χ4v) is 2.69. The molecule has 1 rings (SSSR count). The Balaban J connectivity index is 2.63. The number of methoxy groups -OCH3 is 1. The van der Waals surface area contributed by atoms with E-state index >= 15 is 0 Å². The lowest BCUT2D eigenvalue weighted by atomic mass is 9.91. The molecule has 2 atom stereocenters. The first-order valence-electron chi connectivity index (χ1n) is 6.46. The molecule has 0 saturated carbocycles. The van der Waals surface area contributed by atoms with Gasteiger partial charge in [-0.25, -0.2) is 0 Å². The summed E-state index contributed by atoms with van der Waals surface area (Å²) < 4.78 is 5.65. The van der Waals surface area contributed by atoms with E-state index in [1.807, 2.05) is 14.2 Å². The molecule has 0 aromatic rings. The lowest BCUT2D eigenvalue weighted by Gasteiger charge is -2.44. The van der Waals surface area contributed by atoms with Crippen LogP contribution in [-0.2, 0) is 4.74 Å². The first-order chi connectivity index (χ1) is 7.52. The molecule has 96 valence electrons. The maximum absolute atomic E-state index is 5.65. The van der Waals surface area contributed by atoms with Crippen molar-refractivity contribution in [2.75, 3.05) is 33.8 Å². The Hall–Kier alpha value is -0.120. The summed E-state index contributed by atoms with van der Waals surface area (Å²) in [5, 5.41) is 3.31. The molecule has 1 aliphatic heterocycles. The van der Waals surface area contributed by atoms with Crippen molar-refractivity contribution in [3.8, 4) is 0 Å². The van der Waals surface area contributed by atoms with Gasteiger partial charge in [0.2, 0.25) is 0 Å². The number of hydrogen-bond donors (Lipinski definition) is 1. The first kappa shape index (κ1) is 13.9. The van der Waals surface area contributed by atoms with Gasteiger partial charge in [0.1, 0.15) is 0 Å². The first-order valence-corrected chi connectivity index (χ1v) is 6.46. The van der Waals surface area contributed by atoms with Gasteiger partial charge in [-0.3, -0.25) is 4.90 Å². The highest BCUT2D eigenvalue weighted by Crippen LogP contribution is 2.26. The summed E-state index contributed by atoms with van der Waals surface area (Å²) in [4.78, 5) is 2.59. The van der Waals surface area contributed by atoms with Crippen molar-refractivity contribution in [2.24, 2.45) is 5.92 Å². The van der Waals surface area contributed by atoms with E-state index in [4.69, 9.17) is 4.74 Å². The average molecular weight is 228 g/mol. The van der Waals surface area contributed by atoms with Crippen molar-refractivity contribution in [2.45, 2.75) is 45.3 Å². The summed E-state index contributed by atoms with van der Waals surface area (Å²) in [6.45, 7) is 10.2. The second-order valence-corrected chi connectivity index (χ2v) is 5.60. The van der Waals surface area contributed by atoms with Crippen LogP contribution < -0.4 is 5.32 Å². The van der Waals surface area contributed by atoms with Gasteiger partial charge in [0.15, 0.2) is 0 Å². The van der Waals surface area contributed by atoms with E-state index in [-0.39, 0.29) is 5.60 Å². The van der Waals surface area contributed by atoms with Gasteiger partial charge < -0.3 is 10.1 Å². The highest BCUT2D eigenvalue weighted by atomic mass is 16.5. The molecule has 0 aromatic carbocycles. The van der Waals surface area contributed by atoms with E-state index < -0.39 is 0 Å². The number of nitrogens with zero attached hydrogens (tertiary/aromatic N) is 1. The summed E-state index contributed by atoms with van der Waals surface area (Å²) in [6.07, 6.45) is 2.43. The van der Waals surface area contributed by atoms with E-state index in [9.17, 15) is 0 Å². The van der Waals surface area contributed by atoms with Crippen LogP contribution in [0.25, 0.3) is 0 Å². The average Bonchev–Trinajstić information content (AvgIpc) is 2.25. The minimum absolute atomic E-state index is 0.0547. The van der Waals surface area contributed by atoms with Crippen molar-refractivity contribution >= 4 is 0 Å². The number of likely N-dealkylation sites (N-methyl/N-ethyl adjacent to an activating group) is 1. The molecule has 3 heteroatoms. The largest absolute Gasteiger partial charge is 0.377 e. The molecule has 1 N–H and O–H groups in total. The highest BCUT2D eigenvalue weighted by Gasteiger charge is 2.34. The quantitative estimate of drug-likeness (QED) is 0.775. The molecule has 1 aliphatic rings. The third-order valence-corrected chi connectivity index (χ3v) is 3.83. The normalized spacial score (nSPS) is 29.6. The van der Waals surface area contributed by atoms with Crippen molar-refractivity contribution in [1.82, 2.24) is 10.2 Å². The van der Waals surface area contributed by atoms with E-state index in [0.29, 0.717) is 12.0 Å². The van der Waals surface area contributed by atoms with Crippen LogP contribution in [-0.4, -0.2) is 50.3 Å². The molecule has 16 heavy (non-hydrogen) atoms. The molecule has 0 spiro atoms. The molecule has 0 amide bonds. The SMILES string of the molecule is CNCC(C(C)C)N1CCCC(C)(OC)C1. The van der Waals surface area contributed by atoms with Crippen LogP contribution in [0, 0.1) is 5.92 Å². The monoisotopic (exact) mass is 228 g/mol. The van der Waals surface area contributed by atoms with Gasteiger partial charge in [-0.15, -0.1) is 0 Å². The highest BCUT2D eigenvalue weighted by molar-refractivity contribution is 4.89. The van der Waals surface area contributed by atoms with E-state index in [2.05, 4.69) is 31.0 Å². The Morgan fingerprint density at radius 2 is 2.12 bits per heavy atom. The van der Waals surface area contributed by atoms with Crippen LogP contribution >= 0.6 is 0 Å². The number of ether oxygens (including phenoxy) is 1. The third kappa shape index (κ3) is 3.44. The standard InChI is InChI=1S/C13H28N2O/c1-11(2)12(9-14-4)15-8-6-7-13(3,10-15)16-5/h11-12,14H,6-10H2,1-5H3. The zero-order chi connectivity index (χ0) is 12.2. The molecular weight excluding hydrogens is 200 g/mol. The fraction of sp³-hybridized carbons (Fsp3) is 1.00. The lowest BCUT2D eigenvalue weighted by molar-refractivity contribution is -0.0654. The molecule has 0 bridgehead atoms. The van der Waals surface area contributed by atoms with Gasteiger partial charge in [-0.1, -0.05) is 13.8 Å². The zero-order valence-electron chi connectivity index (χ0n) is 11.5. The summed E-state index contributed by atoms with van der Waals surface area (Å²) in [7, 11) is 3.88. The lowest BCUT2D eigenvalue weighted by Crippen LogP contribution is -2.55. The summed E-state index contributed by atoms with van der Waals surface area (Å²) in [5.74, 6) is 0.687. The summed E-state index contributed by atoms with van der Waals surface area (Å²) >= 11 is 0. The Morgan fingerprint density at radius 3 is 2.62 bits per heavy atom. The summed E-state index contributed by atoms with van der Waals surface area (Å²) in [6, 6.07) is 0.625. The molecular formula is C13H28N2O. The number of rotatable bonds is 5. The Labute approximate surface area is 101 Å². The minimum atomic E-state index is 0.0547. The maximum Gasteiger partial charge on any atom is 0.0777 e.